The minimum Gasteiger partial charge on any atom is -0.505 e. The average Bonchev–Trinajstić information content (AvgIpc) is 2.51. The lowest BCUT2D eigenvalue weighted by atomic mass is 10.2. The molecule has 0 aliphatic heterocycles. The van der Waals surface area contributed by atoms with Gasteiger partial charge in [-0.05, 0) is 19.1 Å². The summed E-state index contributed by atoms with van der Waals surface area (Å²) in [5, 5.41) is 17.7. The second-order valence-corrected chi connectivity index (χ2v) is 2.75. The second kappa shape index (κ2) is 3.83. The maximum absolute atomic E-state index is 11.3. The van der Waals surface area contributed by atoms with Crippen molar-refractivity contribution in [2.45, 2.75) is 6.92 Å². The predicted octanol–water partition coefficient (Wildman–Crippen LogP) is 2.28. The monoisotopic (exact) mass is 194 g/mol. The zero-order chi connectivity index (χ0) is 10.7. The smallest absolute Gasteiger partial charge is 0.224 e. The lowest BCUT2D eigenvalue weighted by Crippen LogP contribution is -1.95. The van der Waals surface area contributed by atoms with Gasteiger partial charge in [-0.2, -0.15) is 0 Å². The van der Waals surface area contributed by atoms with Crippen LogP contribution in [0, 0.1) is 6.92 Å². The molecule has 1 rings (SSSR count). The van der Waals surface area contributed by atoms with Crippen LogP contribution in [0.2, 0.25) is 0 Å². The third-order valence-electron chi connectivity index (χ3n) is 1.55. The summed E-state index contributed by atoms with van der Waals surface area (Å²) < 4.78 is 5.01. The van der Waals surface area contributed by atoms with Crippen LogP contribution in [0.15, 0.2) is 40.7 Å². The fraction of sp³-hybridized carbons (Fsp3) is 0.100. The van der Waals surface area contributed by atoms with Gasteiger partial charge in [0.05, 0.1) is 0 Å². The fourth-order valence-corrected chi connectivity index (χ4v) is 0.846. The summed E-state index contributed by atoms with van der Waals surface area (Å²) in [5.74, 6) is -0.934. The molecule has 1 aromatic heterocycles. The molecule has 74 valence electrons. The molecule has 0 unspecified atom stereocenters. The van der Waals surface area contributed by atoms with Crippen LogP contribution in [-0.2, 0) is 0 Å². The van der Waals surface area contributed by atoms with Crippen LogP contribution in [0.25, 0.3) is 0 Å². The summed E-state index contributed by atoms with van der Waals surface area (Å²) >= 11 is 0. The standard InChI is InChI=1S/C10H10O4/c1-6-3-4-10(14-6)9(13)5-8(12)7(2)11/h3-5,11-12H,2H2,1H3/b8-5-. The summed E-state index contributed by atoms with van der Waals surface area (Å²) in [7, 11) is 0. The number of carbonyl (C=O) groups excluding carboxylic acids is 1. The normalized spacial score (nSPS) is 11.4. The van der Waals surface area contributed by atoms with Crippen LogP contribution in [-0.4, -0.2) is 16.0 Å². The quantitative estimate of drug-likeness (QED) is 0.335. The first kappa shape index (κ1) is 10.1. The lowest BCUT2D eigenvalue weighted by Gasteiger charge is -1.94. The molecule has 1 heterocycles. The maximum atomic E-state index is 11.3. The van der Waals surface area contributed by atoms with E-state index in [-0.39, 0.29) is 5.76 Å². The van der Waals surface area contributed by atoms with E-state index in [1.54, 1.807) is 13.0 Å². The number of aliphatic hydroxyl groups is 2. The summed E-state index contributed by atoms with van der Waals surface area (Å²) in [4.78, 5) is 11.3. The minimum atomic E-state index is -0.566. The Bertz CT molecular complexity index is 398. The third kappa shape index (κ3) is 2.26. The van der Waals surface area contributed by atoms with Gasteiger partial charge in [-0.3, -0.25) is 4.79 Å². The molecule has 2 N–H and O–H groups in total. The van der Waals surface area contributed by atoms with Crippen LogP contribution >= 0.6 is 0 Å². The number of furan rings is 1. The molecular formula is C10H10O4. The molecule has 0 atom stereocenters. The van der Waals surface area contributed by atoms with Crippen molar-refractivity contribution in [1.29, 1.82) is 0 Å². The van der Waals surface area contributed by atoms with E-state index in [0.29, 0.717) is 5.76 Å². The zero-order valence-corrected chi connectivity index (χ0v) is 7.65. The highest BCUT2D eigenvalue weighted by Crippen LogP contribution is 2.09. The van der Waals surface area contributed by atoms with Crippen molar-refractivity contribution in [2.75, 3.05) is 0 Å². The zero-order valence-electron chi connectivity index (χ0n) is 7.65. The predicted molar refractivity (Wildman–Crippen MR) is 50.3 cm³/mol. The van der Waals surface area contributed by atoms with Gasteiger partial charge in [0.25, 0.3) is 0 Å². The van der Waals surface area contributed by atoms with Crippen molar-refractivity contribution < 1.29 is 19.4 Å². The van der Waals surface area contributed by atoms with Crippen molar-refractivity contribution >= 4 is 5.78 Å². The van der Waals surface area contributed by atoms with E-state index in [0.717, 1.165) is 6.08 Å². The molecule has 0 aromatic carbocycles. The first-order valence-electron chi connectivity index (χ1n) is 3.90. The average molecular weight is 194 g/mol. The number of aliphatic hydroxyl groups excluding tert-OH is 2. The van der Waals surface area contributed by atoms with Crippen LogP contribution in [0.1, 0.15) is 16.3 Å². The SMILES string of the molecule is C=C(O)/C(O)=C/C(=O)c1ccc(C)o1. The van der Waals surface area contributed by atoms with Gasteiger partial charge in [-0.15, -0.1) is 0 Å². The van der Waals surface area contributed by atoms with Crippen molar-refractivity contribution in [2.24, 2.45) is 0 Å². The van der Waals surface area contributed by atoms with E-state index >= 15 is 0 Å². The molecule has 0 aliphatic carbocycles. The summed E-state index contributed by atoms with van der Waals surface area (Å²) in [6, 6.07) is 3.12. The van der Waals surface area contributed by atoms with Gasteiger partial charge in [0.1, 0.15) is 11.5 Å². The van der Waals surface area contributed by atoms with E-state index in [1.165, 1.54) is 6.07 Å². The van der Waals surface area contributed by atoms with Gasteiger partial charge in [0.2, 0.25) is 5.78 Å². The Kier molecular flexibility index (Phi) is 2.76. The summed E-state index contributed by atoms with van der Waals surface area (Å²) in [6.45, 7) is 4.76. The highest BCUT2D eigenvalue weighted by molar-refractivity contribution is 6.02. The minimum absolute atomic E-state index is 0.107. The third-order valence-corrected chi connectivity index (χ3v) is 1.55. The molecule has 1 aromatic rings. The molecule has 0 spiro atoms. The highest BCUT2D eigenvalue weighted by atomic mass is 16.3. The number of allylic oxidation sites excluding steroid dienone is 1. The highest BCUT2D eigenvalue weighted by Gasteiger charge is 2.09. The van der Waals surface area contributed by atoms with E-state index in [4.69, 9.17) is 14.6 Å². The number of carbonyl (C=O) groups is 1. The van der Waals surface area contributed by atoms with Gasteiger partial charge < -0.3 is 14.6 Å². The number of hydrogen-bond acceptors (Lipinski definition) is 4. The molecule has 0 radical (unpaired) electrons. The van der Waals surface area contributed by atoms with Crippen LogP contribution in [0.4, 0.5) is 0 Å². The fourth-order valence-electron chi connectivity index (χ4n) is 0.846. The Morgan fingerprint density at radius 3 is 2.57 bits per heavy atom. The molecule has 0 fully saturated rings. The maximum Gasteiger partial charge on any atom is 0.224 e. The van der Waals surface area contributed by atoms with E-state index in [1.807, 2.05) is 0 Å². The molecule has 0 aliphatic rings. The topological polar surface area (TPSA) is 70.7 Å². The number of rotatable bonds is 3. The molecule has 0 bridgehead atoms. The Hall–Kier alpha value is -1.97. The Labute approximate surface area is 80.8 Å². The van der Waals surface area contributed by atoms with E-state index in [2.05, 4.69) is 6.58 Å². The van der Waals surface area contributed by atoms with E-state index in [9.17, 15) is 4.79 Å². The first-order chi connectivity index (χ1) is 6.50. The largest absolute Gasteiger partial charge is 0.505 e. The van der Waals surface area contributed by atoms with Crippen LogP contribution in [0.5, 0.6) is 0 Å². The molecule has 0 saturated heterocycles. The van der Waals surface area contributed by atoms with Gasteiger partial charge in [-0.25, -0.2) is 0 Å². The van der Waals surface area contributed by atoms with Crippen LogP contribution in [0.3, 0.4) is 0 Å². The molecule has 0 saturated carbocycles. The lowest BCUT2D eigenvalue weighted by molar-refractivity contribution is 0.101. The van der Waals surface area contributed by atoms with Gasteiger partial charge >= 0.3 is 0 Å². The van der Waals surface area contributed by atoms with Crippen molar-refractivity contribution in [3.05, 3.63) is 47.8 Å². The van der Waals surface area contributed by atoms with Gasteiger partial charge in [0, 0.05) is 6.08 Å². The van der Waals surface area contributed by atoms with Gasteiger partial charge in [-0.1, -0.05) is 6.58 Å². The first-order valence-corrected chi connectivity index (χ1v) is 3.90. The van der Waals surface area contributed by atoms with E-state index < -0.39 is 17.3 Å². The summed E-state index contributed by atoms with van der Waals surface area (Å²) in [5.41, 5.74) is 0. The summed E-state index contributed by atoms with van der Waals surface area (Å²) in [6.07, 6.45) is 0.848. The van der Waals surface area contributed by atoms with Gasteiger partial charge in [0.15, 0.2) is 11.5 Å². The number of hydrogen-bond donors (Lipinski definition) is 2. The van der Waals surface area contributed by atoms with Crippen molar-refractivity contribution in [1.82, 2.24) is 0 Å². The van der Waals surface area contributed by atoms with Crippen molar-refractivity contribution in [3.63, 3.8) is 0 Å². The van der Waals surface area contributed by atoms with Crippen molar-refractivity contribution in [3.8, 4) is 0 Å². The Balaban J connectivity index is 2.87. The molecule has 4 heteroatoms. The number of aryl methyl sites for hydroxylation is 1. The van der Waals surface area contributed by atoms with Crippen LogP contribution < -0.4 is 0 Å². The molecule has 0 amide bonds. The Morgan fingerprint density at radius 2 is 2.14 bits per heavy atom. The molecular weight excluding hydrogens is 184 g/mol. The molecule has 14 heavy (non-hydrogen) atoms. The Morgan fingerprint density at radius 1 is 1.50 bits per heavy atom. The number of ketones is 1. The second-order valence-electron chi connectivity index (χ2n) is 2.75. The molecule has 4 nitrogen and oxygen atoms in total.